The van der Waals surface area contributed by atoms with Crippen LogP contribution in [0.3, 0.4) is 0 Å². The number of carbonyl (C=O) groups is 2. The van der Waals surface area contributed by atoms with Gasteiger partial charge in [-0.3, -0.25) is 9.59 Å². The van der Waals surface area contributed by atoms with Crippen molar-refractivity contribution in [3.8, 4) is 5.75 Å². The normalized spacial score (nSPS) is 10.6. The number of benzene rings is 3. The molecule has 3 N–H and O–H groups in total. The lowest BCUT2D eigenvalue weighted by Crippen LogP contribution is -2.27. The molecule has 0 fully saturated rings. The maximum atomic E-state index is 12.7. The first kappa shape index (κ1) is 20.2. The second-order valence-corrected chi connectivity index (χ2v) is 6.93. The highest BCUT2D eigenvalue weighted by Crippen LogP contribution is 2.18. The topological polar surface area (TPSA) is 96.1 Å². The number of para-hydroxylation sites is 3. The third kappa shape index (κ3) is 4.72. The monoisotopic (exact) mass is 414 g/mol. The third-order valence-electron chi connectivity index (χ3n) is 4.86. The maximum absolute atomic E-state index is 12.7. The number of nitrogens with zero attached hydrogens (tertiary/aromatic N) is 1. The molecule has 0 aliphatic carbocycles. The first-order chi connectivity index (χ1) is 15.1. The van der Waals surface area contributed by atoms with Crippen LogP contribution in [-0.2, 0) is 6.42 Å². The van der Waals surface area contributed by atoms with E-state index in [0.717, 1.165) is 16.9 Å². The van der Waals surface area contributed by atoms with E-state index in [1.165, 1.54) is 0 Å². The van der Waals surface area contributed by atoms with E-state index in [1.54, 1.807) is 55.6 Å². The Morgan fingerprint density at radius 1 is 0.935 bits per heavy atom. The lowest BCUT2D eigenvalue weighted by atomic mass is 10.1. The van der Waals surface area contributed by atoms with Crippen LogP contribution in [-0.4, -0.2) is 35.4 Å². The minimum absolute atomic E-state index is 0.262. The van der Waals surface area contributed by atoms with Gasteiger partial charge in [-0.15, -0.1) is 0 Å². The smallest absolute Gasteiger partial charge is 0.255 e. The molecule has 1 aromatic heterocycles. The number of rotatable bonds is 7. The number of hydrogen-bond donors (Lipinski definition) is 3. The summed E-state index contributed by atoms with van der Waals surface area (Å²) in [6.45, 7) is 0.416. The van der Waals surface area contributed by atoms with Crippen LogP contribution in [0.1, 0.15) is 26.5 Å². The number of H-pyrrole nitrogens is 1. The molecule has 4 aromatic rings. The Morgan fingerprint density at radius 2 is 1.68 bits per heavy atom. The number of fused-ring (bicyclic) bond motifs is 1. The molecule has 0 unspecified atom stereocenters. The maximum Gasteiger partial charge on any atom is 0.255 e. The Morgan fingerprint density at radius 3 is 2.45 bits per heavy atom. The zero-order chi connectivity index (χ0) is 21.6. The van der Waals surface area contributed by atoms with Crippen molar-refractivity contribution in [3.63, 3.8) is 0 Å². The first-order valence-electron chi connectivity index (χ1n) is 9.90. The van der Waals surface area contributed by atoms with Crippen LogP contribution in [0.25, 0.3) is 11.0 Å². The van der Waals surface area contributed by atoms with Gasteiger partial charge in [0, 0.05) is 18.5 Å². The Balaban J connectivity index is 1.39. The van der Waals surface area contributed by atoms with Crippen LogP contribution in [0, 0.1) is 0 Å². The van der Waals surface area contributed by atoms with E-state index >= 15 is 0 Å². The number of amides is 2. The summed E-state index contributed by atoms with van der Waals surface area (Å²) in [5.74, 6) is 0.912. The highest BCUT2D eigenvalue weighted by Gasteiger charge is 2.14. The standard InChI is InChI=1S/C24H22N4O3/c1-31-17-12-10-16(11-13-17)23(29)28-19-7-3-2-6-18(19)24(30)25-15-14-22-26-20-8-4-5-9-21(20)27-22/h2-13H,14-15H2,1H3,(H,25,30)(H,26,27)(H,28,29). The molecule has 31 heavy (non-hydrogen) atoms. The Hall–Kier alpha value is -4.13. The number of anilines is 1. The summed E-state index contributed by atoms with van der Waals surface area (Å²) in [6.07, 6.45) is 0.570. The SMILES string of the molecule is COc1ccc(C(=O)Nc2ccccc2C(=O)NCCc2nc3ccccc3[nH]2)cc1. The van der Waals surface area contributed by atoms with Gasteiger partial charge < -0.3 is 20.4 Å². The summed E-state index contributed by atoms with van der Waals surface area (Å²) in [5, 5.41) is 5.71. The third-order valence-corrected chi connectivity index (χ3v) is 4.86. The quantitative estimate of drug-likeness (QED) is 0.429. The van der Waals surface area contributed by atoms with E-state index in [2.05, 4.69) is 20.6 Å². The Kier molecular flexibility index (Phi) is 5.93. The number of methoxy groups -OCH3 is 1. The summed E-state index contributed by atoms with van der Waals surface area (Å²) in [6, 6.07) is 21.5. The minimum atomic E-state index is -0.301. The van der Waals surface area contributed by atoms with E-state index in [-0.39, 0.29) is 11.8 Å². The average molecular weight is 414 g/mol. The number of aromatic amines is 1. The van der Waals surface area contributed by atoms with Crippen molar-refractivity contribution in [2.24, 2.45) is 0 Å². The molecule has 0 saturated heterocycles. The van der Waals surface area contributed by atoms with Gasteiger partial charge in [0.25, 0.3) is 11.8 Å². The van der Waals surface area contributed by atoms with Crippen molar-refractivity contribution < 1.29 is 14.3 Å². The fourth-order valence-electron chi connectivity index (χ4n) is 3.24. The van der Waals surface area contributed by atoms with E-state index in [4.69, 9.17) is 4.74 Å². The van der Waals surface area contributed by atoms with Gasteiger partial charge in [0.15, 0.2) is 0 Å². The molecule has 7 heteroatoms. The summed E-state index contributed by atoms with van der Waals surface area (Å²) in [4.78, 5) is 33.1. The fourth-order valence-corrected chi connectivity index (χ4v) is 3.24. The molecule has 0 atom stereocenters. The highest BCUT2D eigenvalue weighted by molar-refractivity contribution is 6.09. The van der Waals surface area contributed by atoms with Crippen molar-refractivity contribution >= 4 is 28.5 Å². The lowest BCUT2D eigenvalue weighted by molar-refractivity contribution is 0.0955. The average Bonchev–Trinajstić information content (AvgIpc) is 3.22. The van der Waals surface area contributed by atoms with Crippen LogP contribution in [0.2, 0.25) is 0 Å². The largest absolute Gasteiger partial charge is 0.497 e. The van der Waals surface area contributed by atoms with E-state index in [0.29, 0.717) is 35.5 Å². The van der Waals surface area contributed by atoms with Crippen LogP contribution in [0.15, 0.2) is 72.8 Å². The zero-order valence-electron chi connectivity index (χ0n) is 17.0. The summed E-state index contributed by atoms with van der Waals surface area (Å²) < 4.78 is 5.11. The molecule has 0 spiro atoms. The molecule has 3 aromatic carbocycles. The Labute approximate surface area is 179 Å². The molecular weight excluding hydrogens is 392 g/mol. The number of aromatic nitrogens is 2. The molecule has 0 radical (unpaired) electrons. The van der Waals surface area contributed by atoms with Gasteiger partial charge in [0.1, 0.15) is 11.6 Å². The van der Waals surface area contributed by atoms with Crippen LogP contribution < -0.4 is 15.4 Å². The second kappa shape index (κ2) is 9.13. The Bertz CT molecular complexity index is 1180. The van der Waals surface area contributed by atoms with E-state index < -0.39 is 0 Å². The van der Waals surface area contributed by atoms with Crippen LogP contribution >= 0.6 is 0 Å². The number of ether oxygens (including phenoxy) is 1. The van der Waals surface area contributed by atoms with Gasteiger partial charge in [0.05, 0.1) is 29.4 Å². The van der Waals surface area contributed by atoms with Gasteiger partial charge >= 0.3 is 0 Å². The molecule has 2 amide bonds. The van der Waals surface area contributed by atoms with Crippen molar-refractivity contribution in [1.29, 1.82) is 0 Å². The number of nitrogens with one attached hydrogen (secondary N) is 3. The number of carbonyl (C=O) groups excluding carboxylic acids is 2. The summed E-state index contributed by atoms with van der Waals surface area (Å²) >= 11 is 0. The van der Waals surface area contributed by atoms with Crippen LogP contribution in [0.5, 0.6) is 5.75 Å². The van der Waals surface area contributed by atoms with Gasteiger partial charge in [0.2, 0.25) is 0 Å². The molecule has 1 heterocycles. The molecular formula is C24H22N4O3. The molecule has 0 aliphatic rings. The van der Waals surface area contributed by atoms with Crippen molar-refractivity contribution in [2.45, 2.75) is 6.42 Å². The lowest BCUT2D eigenvalue weighted by Gasteiger charge is -2.11. The predicted octanol–water partition coefficient (Wildman–Crippen LogP) is 3.80. The van der Waals surface area contributed by atoms with E-state index in [1.807, 2.05) is 24.3 Å². The van der Waals surface area contributed by atoms with E-state index in [9.17, 15) is 9.59 Å². The van der Waals surface area contributed by atoms with Gasteiger partial charge in [-0.2, -0.15) is 0 Å². The molecule has 0 aliphatic heterocycles. The molecule has 156 valence electrons. The minimum Gasteiger partial charge on any atom is -0.497 e. The second-order valence-electron chi connectivity index (χ2n) is 6.93. The highest BCUT2D eigenvalue weighted by atomic mass is 16.5. The molecule has 7 nitrogen and oxygen atoms in total. The summed E-state index contributed by atoms with van der Waals surface area (Å²) in [5.41, 5.74) is 3.19. The zero-order valence-corrected chi connectivity index (χ0v) is 17.0. The van der Waals surface area contributed by atoms with Crippen molar-refractivity contribution in [2.75, 3.05) is 19.0 Å². The fraction of sp³-hybridized carbons (Fsp3) is 0.125. The first-order valence-corrected chi connectivity index (χ1v) is 9.90. The van der Waals surface area contributed by atoms with Gasteiger partial charge in [-0.05, 0) is 48.5 Å². The summed E-state index contributed by atoms with van der Waals surface area (Å²) in [7, 11) is 1.57. The number of hydrogen-bond acceptors (Lipinski definition) is 4. The molecule has 4 rings (SSSR count). The molecule has 0 bridgehead atoms. The van der Waals surface area contributed by atoms with Crippen molar-refractivity contribution in [3.05, 3.63) is 89.7 Å². The van der Waals surface area contributed by atoms with Crippen LogP contribution in [0.4, 0.5) is 5.69 Å². The molecule has 0 saturated carbocycles. The van der Waals surface area contributed by atoms with Crippen molar-refractivity contribution in [1.82, 2.24) is 15.3 Å². The predicted molar refractivity (Wildman–Crippen MR) is 120 cm³/mol. The van der Waals surface area contributed by atoms with Gasteiger partial charge in [-0.1, -0.05) is 24.3 Å². The number of imidazole rings is 1. The van der Waals surface area contributed by atoms with Gasteiger partial charge in [-0.25, -0.2) is 4.98 Å².